The maximum atomic E-state index is 5.35. The summed E-state index contributed by atoms with van der Waals surface area (Å²) in [5.74, 6) is 0.987. The molecule has 15 heavy (non-hydrogen) atoms. The zero-order valence-electron chi connectivity index (χ0n) is 9.12. The van der Waals surface area contributed by atoms with Crippen molar-refractivity contribution in [3.8, 4) is 5.75 Å². The lowest BCUT2D eigenvalue weighted by molar-refractivity contribution is 0.413. The first-order valence-corrected chi connectivity index (χ1v) is 5.31. The molecule has 0 fully saturated rings. The fourth-order valence-electron chi connectivity index (χ4n) is 2.03. The van der Waals surface area contributed by atoms with Crippen molar-refractivity contribution in [2.75, 3.05) is 7.11 Å². The Kier molecular flexibility index (Phi) is 2.91. The summed E-state index contributed by atoms with van der Waals surface area (Å²) in [5.41, 5.74) is 4.13. The SMILES string of the molecule is C=CCCC1=Cc2c(cccc2OC)C1. The Morgan fingerprint density at radius 3 is 3.07 bits per heavy atom. The Morgan fingerprint density at radius 2 is 2.33 bits per heavy atom. The van der Waals surface area contributed by atoms with Crippen LogP contribution in [-0.2, 0) is 6.42 Å². The average Bonchev–Trinajstić information content (AvgIpc) is 2.68. The minimum absolute atomic E-state index is 0.987. The minimum Gasteiger partial charge on any atom is -0.496 e. The van der Waals surface area contributed by atoms with Crippen molar-refractivity contribution in [2.45, 2.75) is 19.3 Å². The van der Waals surface area contributed by atoms with E-state index >= 15 is 0 Å². The molecular formula is C14H16O. The summed E-state index contributed by atoms with van der Waals surface area (Å²) >= 11 is 0. The molecule has 0 unspecified atom stereocenters. The number of fused-ring (bicyclic) bond motifs is 1. The maximum absolute atomic E-state index is 5.35. The molecule has 0 saturated heterocycles. The summed E-state index contributed by atoms with van der Waals surface area (Å²) in [7, 11) is 1.73. The maximum Gasteiger partial charge on any atom is 0.126 e. The highest BCUT2D eigenvalue weighted by atomic mass is 16.5. The van der Waals surface area contributed by atoms with Gasteiger partial charge in [0.1, 0.15) is 5.75 Å². The van der Waals surface area contributed by atoms with Crippen LogP contribution >= 0.6 is 0 Å². The van der Waals surface area contributed by atoms with Gasteiger partial charge in [-0.25, -0.2) is 0 Å². The first kappa shape index (κ1) is 10.0. The third kappa shape index (κ3) is 1.96. The smallest absolute Gasteiger partial charge is 0.126 e. The van der Waals surface area contributed by atoms with E-state index in [-0.39, 0.29) is 0 Å². The fourth-order valence-corrected chi connectivity index (χ4v) is 2.03. The van der Waals surface area contributed by atoms with Crippen LogP contribution in [0, 0.1) is 0 Å². The second kappa shape index (κ2) is 4.35. The van der Waals surface area contributed by atoms with Gasteiger partial charge < -0.3 is 4.74 Å². The van der Waals surface area contributed by atoms with Crippen molar-refractivity contribution >= 4 is 6.08 Å². The molecule has 1 aliphatic carbocycles. The lowest BCUT2D eigenvalue weighted by Gasteiger charge is -2.04. The van der Waals surface area contributed by atoms with Gasteiger partial charge in [-0.2, -0.15) is 0 Å². The monoisotopic (exact) mass is 200 g/mol. The molecule has 0 aromatic heterocycles. The normalized spacial score (nSPS) is 13.3. The van der Waals surface area contributed by atoms with E-state index in [4.69, 9.17) is 4.74 Å². The van der Waals surface area contributed by atoms with Crippen LogP contribution < -0.4 is 4.74 Å². The van der Waals surface area contributed by atoms with Crippen LogP contribution in [0.2, 0.25) is 0 Å². The molecule has 2 rings (SSSR count). The third-order valence-corrected chi connectivity index (χ3v) is 2.81. The summed E-state index contributed by atoms with van der Waals surface area (Å²) in [5, 5.41) is 0. The number of methoxy groups -OCH3 is 1. The van der Waals surface area contributed by atoms with Gasteiger partial charge in [0.05, 0.1) is 7.11 Å². The van der Waals surface area contributed by atoms with Crippen LogP contribution in [0.3, 0.4) is 0 Å². The van der Waals surface area contributed by atoms with Gasteiger partial charge in [0.2, 0.25) is 0 Å². The molecule has 0 bridgehead atoms. The van der Waals surface area contributed by atoms with Gasteiger partial charge >= 0.3 is 0 Å². The number of allylic oxidation sites excluding steroid dienone is 2. The van der Waals surface area contributed by atoms with E-state index < -0.39 is 0 Å². The van der Waals surface area contributed by atoms with E-state index in [9.17, 15) is 0 Å². The highest BCUT2D eigenvalue weighted by Gasteiger charge is 2.15. The molecule has 1 nitrogen and oxygen atoms in total. The second-order valence-electron chi connectivity index (χ2n) is 3.84. The summed E-state index contributed by atoms with van der Waals surface area (Å²) in [6, 6.07) is 6.25. The van der Waals surface area contributed by atoms with Crippen LogP contribution in [0.4, 0.5) is 0 Å². The average molecular weight is 200 g/mol. The number of rotatable bonds is 4. The zero-order chi connectivity index (χ0) is 10.7. The number of hydrogen-bond donors (Lipinski definition) is 0. The quantitative estimate of drug-likeness (QED) is 0.675. The topological polar surface area (TPSA) is 9.23 Å². The first-order chi connectivity index (χ1) is 7.35. The van der Waals surface area contributed by atoms with E-state index in [1.807, 2.05) is 12.1 Å². The van der Waals surface area contributed by atoms with Crippen molar-refractivity contribution in [1.82, 2.24) is 0 Å². The van der Waals surface area contributed by atoms with Crippen LogP contribution in [0.15, 0.2) is 36.4 Å². The lowest BCUT2D eigenvalue weighted by Crippen LogP contribution is -1.88. The molecule has 0 atom stereocenters. The Balaban J connectivity index is 2.23. The summed E-state index contributed by atoms with van der Waals surface area (Å²) in [6.07, 6.45) is 7.47. The number of hydrogen-bond acceptors (Lipinski definition) is 1. The van der Waals surface area contributed by atoms with Crippen molar-refractivity contribution in [1.29, 1.82) is 0 Å². The van der Waals surface area contributed by atoms with E-state index in [1.165, 1.54) is 16.7 Å². The minimum atomic E-state index is 0.987. The van der Waals surface area contributed by atoms with Gasteiger partial charge in [0.15, 0.2) is 0 Å². The molecule has 1 aromatic carbocycles. The molecule has 0 saturated carbocycles. The van der Waals surface area contributed by atoms with Gasteiger partial charge in [-0.1, -0.05) is 29.9 Å². The second-order valence-corrected chi connectivity index (χ2v) is 3.84. The molecule has 0 aliphatic heterocycles. The molecule has 0 N–H and O–H groups in total. The van der Waals surface area contributed by atoms with Crippen molar-refractivity contribution in [3.63, 3.8) is 0 Å². The van der Waals surface area contributed by atoms with Crippen LogP contribution in [-0.4, -0.2) is 7.11 Å². The van der Waals surface area contributed by atoms with Crippen LogP contribution in [0.1, 0.15) is 24.0 Å². The van der Waals surface area contributed by atoms with E-state index in [2.05, 4.69) is 24.8 Å². The van der Waals surface area contributed by atoms with Crippen molar-refractivity contribution < 1.29 is 4.74 Å². The molecule has 0 spiro atoms. The summed E-state index contributed by atoms with van der Waals surface area (Å²) in [4.78, 5) is 0. The van der Waals surface area contributed by atoms with Gasteiger partial charge in [-0.15, -0.1) is 6.58 Å². The summed E-state index contributed by atoms with van der Waals surface area (Å²) < 4.78 is 5.35. The highest BCUT2D eigenvalue weighted by Crippen LogP contribution is 2.33. The molecule has 1 aliphatic rings. The third-order valence-electron chi connectivity index (χ3n) is 2.81. The van der Waals surface area contributed by atoms with Crippen molar-refractivity contribution in [2.24, 2.45) is 0 Å². The van der Waals surface area contributed by atoms with Crippen molar-refractivity contribution in [3.05, 3.63) is 47.6 Å². The number of ether oxygens (including phenoxy) is 1. The molecule has 0 heterocycles. The van der Waals surface area contributed by atoms with Crippen LogP contribution in [0.5, 0.6) is 5.75 Å². The van der Waals surface area contributed by atoms with Gasteiger partial charge in [0.25, 0.3) is 0 Å². The Labute approximate surface area is 91.1 Å². The standard InChI is InChI=1S/C14H16O/c1-3-4-6-11-9-12-7-5-8-14(15-2)13(12)10-11/h3,5,7-8,10H,1,4,6,9H2,2H3. The molecule has 78 valence electrons. The van der Waals surface area contributed by atoms with Gasteiger partial charge in [-0.05, 0) is 30.9 Å². The van der Waals surface area contributed by atoms with Gasteiger partial charge in [-0.3, -0.25) is 0 Å². The predicted octanol–water partition coefficient (Wildman–Crippen LogP) is 3.60. The van der Waals surface area contributed by atoms with E-state index in [0.717, 1.165) is 25.0 Å². The molecule has 0 amide bonds. The Morgan fingerprint density at radius 1 is 1.47 bits per heavy atom. The molecule has 1 heteroatoms. The van der Waals surface area contributed by atoms with E-state index in [1.54, 1.807) is 7.11 Å². The Hall–Kier alpha value is -1.50. The molecular weight excluding hydrogens is 184 g/mol. The lowest BCUT2D eigenvalue weighted by atomic mass is 10.1. The Bertz CT molecular complexity index is 402. The first-order valence-electron chi connectivity index (χ1n) is 5.31. The fraction of sp³-hybridized carbons (Fsp3) is 0.286. The number of benzene rings is 1. The molecule has 0 radical (unpaired) electrons. The largest absolute Gasteiger partial charge is 0.496 e. The predicted molar refractivity (Wildman–Crippen MR) is 64.1 cm³/mol. The van der Waals surface area contributed by atoms with Crippen LogP contribution in [0.25, 0.3) is 6.08 Å². The highest BCUT2D eigenvalue weighted by molar-refractivity contribution is 5.69. The summed E-state index contributed by atoms with van der Waals surface area (Å²) in [6.45, 7) is 3.75. The zero-order valence-corrected chi connectivity index (χ0v) is 9.12. The van der Waals surface area contributed by atoms with E-state index in [0.29, 0.717) is 0 Å². The molecule has 1 aromatic rings. The van der Waals surface area contributed by atoms with Gasteiger partial charge in [0, 0.05) is 5.56 Å².